The summed E-state index contributed by atoms with van der Waals surface area (Å²) in [4.78, 5) is 11.4. The number of hydrazine groups is 1. The average Bonchev–Trinajstić information content (AvgIpc) is 2.27. The number of methoxy groups -OCH3 is 2. The highest BCUT2D eigenvalue weighted by Gasteiger charge is 2.14. The van der Waals surface area contributed by atoms with Gasteiger partial charge < -0.3 is 9.47 Å². The van der Waals surface area contributed by atoms with Crippen LogP contribution in [-0.4, -0.2) is 20.1 Å². The summed E-state index contributed by atoms with van der Waals surface area (Å²) in [5.74, 6) is 5.61. The van der Waals surface area contributed by atoms with Gasteiger partial charge in [0.2, 0.25) is 0 Å². The van der Waals surface area contributed by atoms with Gasteiger partial charge in [0, 0.05) is 6.07 Å². The van der Waals surface area contributed by atoms with Crippen LogP contribution in [0.5, 0.6) is 11.5 Å². The summed E-state index contributed by atoms with van der Waals surface area (Å²) >= 11 is 3.27. The Morgan fingerprint density at radius 2 is 1.93 bits per heavy atom. The van der Waals surface area contributed by atoms with Gasteiger partial charge in [-0.25, -0.2) is 5.84 Å². The summed E-state index contributed by atoms with van der Waals surface area (Å²) in [5.41, 5.74) is 2.38. The van der Waals surface area contributed by atoms with Crippen molar-refractivity contribution in [1.82, 2.24) is 5.43 Å². The van der Waals surface area contributed by atoms with Crippen LogP contribution in [0.15, 0.2) is 16.6 Å². The maximum Gasteiger partial charge on any atom is 0.268 e. The van der Waals surface area contributed by atoms with Crippen LogP contribution in [0.2, 0.25) is 0 Å². The van der Waals surface area contributed by atoms with E-state index in [0.29, 0.717) is 21.5 Å². The lowest BCUT2D eigenvalue weighted by Crippen LogP contribution is -2.30. The summed E-state index contributed by atoms with van der Waals surface area (Å²) in [5, 5.41) is 0. The van der Waals surface area contributed by atoms with E-state index in [1.165, 1.54) is 14.2 Å². The molecule has 0 atom stereocenters. The van der Waals surface area contributed by atoms with Crippen LogP contribution in [0.25, 0.3) is 0 Å². The second-order valence-corrected chi connectivity index (χ2v) is 3.51. The lowest BCUT2D eigenvalue weighted by molar-refractivity contribution is 0.0950. The maximum absolute atomic E-state index is 11.4. The SMILES string of the molecule is COc1cc(OC)c(C(=O)NN)cc1Br. The first-order chi connectivity index (χ1) is 7.13. The number of rotatable bonds is 3. The molecule has 0 saturated heterocycles. The van der Waals surface area contributed by atoms with Crippen LogP contribution in [0.3, 0.4) is 0 Å². The van der Waals surface area contributed by atoms with Crippen LogP contribution in [-0.2, 0) is 0 Å². The van der Waals surface area contributed by atoms with Crippen LogP contribution in [0.4, 0.5) is 0 Å². The van der Waals surface area contributed by atoms with Crippen molar-refractivity contribution in [3.05, 3.63) is 22.2 Å². The summed E-state index contributed by atoms with van der Waals surface area (Å²) in [7, 11) is 3.00. The number of nitrogens with one attached hydrogen (secondary N) is 1. The highest BCUT2D eigenvalue weighted by Crippen LogP contribution is 2.32. The molecule has 0 heterocycles. The van der Waals surface area contributed by atoms with Crippen molar-refractivity contribution in [2.75, 3.05) is 14.2 Å². The van der Waals surface area contributed by atoms with E-state index >= 15 is 0 Å². The van der Waals surface area contributed by atoms with Gasteiger partial charge in [0.15, 0.2) is 0 Å². The summed E-state index contributed by atoms with van der Waals surface area (Å²) in [6.45, 7) is 0. The minimum absolute atomic E-state index is 0.340. The Kier molecular flexibility index (Phi) is 3.93. The van der Waals surface area contributed by atoms with Crippen LogP contribution in [0, 0.1) is 0 Å². The lowest BCUT2D eigenvalue weighted by Gasteiger charge is -2.10. The number of amides is 1. The normalized spacial score (nSPS) is 9.60. The van der Waals surface area contributed by atoms with Gasteiger partial charge in [-0.3, -0.25) is 10.2 Å². The Labute approximate surface area is 95.6 Å². The van der Waals surface area contributed by atoms with E-state index in [1.54, 1.807) is 12.1 Å². The number of hydrogen-bond acceptors (Lipinski definition) is 4. The summed E-state index contributed by atoms with van der Waals surface area (Å²) < 4.78 is 10.8. The number of carbonyl (C=O) groups excluding carboxylic acids is 1. The molecular formula is C9H11BrN2O3. The molecule has 1 amide bonds. The highest BCUT2D eigenvalue weighted by atomic mass is 79.9. The zero-order valence-electron chi connectivity index (χ0n) is 8.33. The van der Waals surface area contributed by atoms with Crippen molar-refractivity contribution in [2.24, 2.45) is 5.84 Å². The monoisotopic (exact) mass is 274 g/mol. The number of nitrogen functional groups attached to an aromatic ring is 1. The number of halogens is 1. The zero-order chi connectivity index (χ0) is 11.4. The highest BCUT2D eigenvalue weighted by molar-refractivity contribution is 9.10. The van der Waals surface area contributed by atoms with Gasteiger partial charge in [-0.2, -0.15) is 0 Å². The Balaban J connectivity index is 3.27. The zero-order valence-corrected chi connectivity index (χ0v) is 9.92. The third-order valence-electron chi connectivity index (χ3n) is 1.85. The molecule has 0 aliphatic heterocycles. The predicted octanol–water partition coefficient (Wildman–Crippen LogP) is 1.07. The fourth-order valence-corrected chi connectivity index (χ4v) is 1.62. The second kappa shape index (κ2) is 4.99. The third kappa shape index (κ3) is 2.40. The van der Waals surface area contributed by atoms with Crippen LogP contribution in [0.1, 0.15) is 10.4 Å². The number of hydrogen-bond donors (Lipinski definition) is 2. The molecule has 0 unspecified atom stereocenters. The van der Waals surface area contributed by atoms with Crippen molar-refractivity contribution in [2.45, 2.75) is 0 Å². The molecule has 3 N–H and O–H groups in total. The first-order valence-electron chi connectivity index (χ1n) is 4.06. The van der Waals surface area contributed by atoms with Crippen molar-refractivity contribution < 1.29 is 14.3 Å². The molecular weight excluding hydrogens is 264 g/mol. The predicted molar refractivity (Wildman–Crippen MR) is 58.9 cm³/mol. The quantitative estimate of drug-likeness (QED) is 0.491. The van der Waals surface area contributed by atoms with Gasteiger partial charge in [0.1, 0.15) is 11.5 Å². The Morgan fingerprint density at radius 3 is 2.40 bits per heavy atom. The minimum Gasteiger partial charge on any atom is -0.496 e. The molecule has 82 valence electrons. The third-order valence-corrected chi connectivity index (χ3v) is 2.47. The molecule has 15 heavy (non-hydrogen) atoms. The topological polar surface area (TPSA) is 73.6 Å². The first-order valence-corrected chi connectivity index (χ1v) is 4.85. The Bertz CT molecular complexity index is 382. The Hall–Kier alpha value is -1.27. The Morgan fingerprint density at radius 1 is 1.33 bits per heavy atom. The summed E-state index contributed by atoms with van der Waals surface area (Å²) in [6, 6.07) is 3.19. The van der Waals surface area contributed by atoms with E-state index in [4.69, 9.17) is 15.3 Å². The van der Waals surface area contributed by atoms with Crippen molar-refractivity contribution >= 4 is 21.8 Å². The van der Waals surface area contributed by atoms with Gasteiger partial charge in [-0.15, -0.1) is 0 Å². The molecule has 1 rings (SSSR count). The molecule has 0 aliphatic carbocycles. The van der Waals surface area contributed by atoms with Crippen molar-refractivity contribution in [1.29, 1.82) is 0 Å². The fourth-order valence-electron chi connectivity index (χ4n) is 1.12. The van der Waals surface area contributed by atoms with E-state index in [0.717, 1.165) is 0 Å². The standard InChI is InChI=1S/C9H11BrN2O3/c1-14-7-4-8(15-2)6(10)3-5(7)9(13)12-11/h3-4H,11H2,1-2H3,(H,12,13). The lowest BCUT2D eigenvalue weighted by atomic mass is 10.2. The van der Waals surface area contributed by atoms with Gasteiger partial charge >= 0.3 is 0 Å². The van der Waals surface area contributed by atoms with E-state index in [1.807, 2.05) is 5.43 Å². The number of benzene rings is 1. The average molecular weight is 275 g/mol. The molecule has 5 nitrogen and oxygen atoms in total. The van der Waals surface area contributed by atoms with Crippen LogP contribution >= 0.6 is 15.9 Å². The van der Waals surface area contributed by atoms with E-state index in [9.17, 15) is 4.79 Å². The van der Waals surface area contributed by atoms with Gasteiger partial charge in [-0.1, -0.05) is 0 Å². The van der Waals surface area contributed by atoms with E-state index < -0.39 is 5.91 Å². The second-order valence-electron chi connectivity index (χ2n) is 2.66. The molecule has 1 aromatic rings. The first kappa shape index (κ1) is 11.8. The van der Waals surface area contributed by atoms with Gasteiger partial charge in [0.25, 0.3) is 5.91 Å². The molecule has 0 aromatic heterocycles. The fraction of sp³-hybridized carbons (Fsp3) is 0.222. The minimum atomic E-state index is -0.421. The largest absolute Gasteiger partial charge is 0.496 e. The van der Waals surface area contributed by atoms with Crippen molar-refractivity contribution in [3.8, 4) is 11.5 Å². The number of carbonyl (C=O) groups is 1. The summed E-state index contributed by atoms with van der Waals surface area (Å²) in [6.07, 6.45) is 0. The van der Waals surface area contributed by atoms with Crippen LogP contribution < -0.4 is 20.7 Å². The molecule has 0 fully saturated rings. The molecule has 0 bridgehead atoms. The van der Waals surface area contributed by atoms with Gasteiger partial charge in [-0.05, 0) is 22.0 Å². The smallest absolute Gasteiger partial charge is 0.268 e. The molecule has 1 aromatic carbocycles. The van der Waals surface area contributed by atoms with Crippen molar-refractivity contribution in [3.63, 3.8) is 0 Å². The maximum atomic E-state index is 11.4. The number of ether oxygens (including phenoxy) is 2. The molecule has 0 spiro atoms. The molecule has 6 heteroatoms. The van der Waals surface area contributed by atoms with E-state index in [2.05, 4.69) is 15.9 Å². The van der Waals surface area contributed by atoms with Gasteiger partial charge in [0.05, 0.1) is 24.3 Å². The molecule has 0 radical (unpaired) electrons. The number of nitrogens with two attached hydrogens (primary N) is 1. The molecule has 0 aliphatic rings. The molecule has 0 saturated carbocycles. The van der Waals surface area contributed by atoms with E-state index in [-0.39, 0.29) is 0 Å².